The first-order chi connectivity index (χ1) is 11.6. The summed E-state index contributed by atoms with van der Waals surface area (Å²) in [5.41, 5.74) is 7.33. The zero-order valence-electron chi connectivity index (χ0n) is 13.5. The fourth-order valence-electron chi connectivity index (χ4n) is 2.88. The molecule has 0 spiro atoms. The monoisotopic (exact) mass is 322 g/mol. The summed E-state index contributed by atoms with van der Waals surface area (Å²) >= 11 is 0. The number of nitrogens with zero attached hydrogens (tertiary/aromatic N) is 4. The van der Waals surface area contributed by atoms with E-state index in [0.717, 1.165) is 43.6 Å². The van der Waals surface area contributed by atoms with Crippen LogP contribution in [0.4, 0.5) is 0 Å². The van der Waals surface area contributed by atoms with Gasteiger partial charge >= 0.3 is 0 Å². The van der Waals surface area contributed by atoms with Gasteiger partial charge in [-0.25, -0.2) is 0 Å². The second kappa shape index (κ2) is 7.28. The van der Waals surface area contributed by atoms with Crippen molar-refractivity contribution in [2.45, 2.75) is 18.9 Å². The zero-order valence-corrected chi connectivity index (χ0v) is 13.5. The summed E-state index contributed by atoms with van der Waals surface area (Å²) in [6.45, 7) is 6.45. The molecule has 1 radical (unpaired) electrons. The molecule has 3 rings (SSSR count). The molecule has 1 aromatic carbocycles. The van der Waals surface area contributed by atoms with Crippen LogP contribution in [-0.2, 0) is 0 Å². The van der Waals surface area contributed by atoms with Crippen molar-refractivity contribution < 1.29 is 4.79 Å². The first-order valence-corrected chi connectivity index (χ1v) is 7.96. The molecule has 0 atom stereocenters. The fourth-order valence-corrected chi connectivity index (χ4v) is 2.88. The minimum absolute atomic E-state index is 0.219. The van der Waals surface area contributed by atoms with Gasteiger partial charge in [-0.15, -0.1) is 10.2 Å². The minimum atomic E-state index is -0.533. The summed E-state index contributed by atoms with van der Waals surface area (Å²) in [5, 5.41) is 7.60. The van der Waals surface area contributed by atoms with Crippen molar-refractivity contribution in [3.8, 4) is 11.8 Å². The minimum Gasteiger partial charge on any atom is -0.363 e. The van der Waals surface area contributed by atoms with E-state index in [4.69, 9.17) is 5.73 Å². The Morgan fingerprint density at radius 1 is 1.29 bits per heavy atom. The topological polar surface area (TPSA) is 77.0 Å². The summed E-state index contributed by atoms with van der Waals surface area (Å²) in [5.74, 6) is 6.10. The summed E-state index contributed by atoms with van der Waals surface area (Å²) in [6.07, 6.45) is 3.44. The highest BCUT2D eigenvalue weighted by molar-refractivity contribution is 5.88. The largest absolute Gasteiger partial charge is 0.363 e. The molecule has 1 fully saturated rings. The van der Waals surface area contributed by atoms with Crippen LogP contribution in [-0.4, -0.2) is 45.2 Å². The van der Waals surface area contributed by atoms with Crippen molar-refractivity contribution in [1.29, 1.82) is 0 Å². The first kappa shape index (κ1) is 16.2. The Bertz CT molecular complexity index is 761. The molecular formula is C18H20N5O. The maximum Gasteiger partial charge on any atom is 0.286 e. The number of aromatic nitrogens is 3. The van der Waals surface area contributed by atoms with Crippen LogP contribution in [0.2, 0.25) is 0 Å². The lowest BCUT2D eigenvalue weighted by molar-refractivity contribution is 0.0979. The number of nitrogens with two attached hydrogens (primary N) is 1. The van der Waals surface area contributed by atoms with Crippen molar-refractivity contribution in [2.24, 2.45) is 5.73 Å². The molecule has 1 aromatic heterocycles. The van der Waals surface area contributed by atoms with E-state index in [9.17, 15) is 4.79 Å². The Balaban J connectivity index is 1.53. The van der Waals surface area contributed by atoms with Crippen molar-refractivity contribution in [1.82, 2.24) is 19.7 Å². The van der Waals surface area contributed by atoms with Gasteiger partial charge in [-0.1, -0.05) is 24.0 Å². The molecule has 1 amide bonds. The van der Waals surface area contributed by atoms with Crippen LogP contribution in [0, 0.1) is 18.8 Å². The Kier molecular flexibility index (Phi) is 4.92. The lowest BCUT2D eigenvalue weighted by Gasteiger charge is -2.31. The molecule has 2 N–H and O–H groups in total. The first-order valence-electron chi connectivity index (χ1n) is 7.96. The fraction of sp³-hybridized carbons (Fsp3) is 0.333. The predicted octanol–water partition coefficient (Wildman–Crippen LogP) is 1.25. The molecule has 0 aliphatic carbocycles. The van der Waals surface area contributed by atoms with E-state index in [1.54, 1.807) is 10.9 Å². The van der Waals surface area contributed by atoms with Crippen molar-refractivity contribution in [2.75, 3.05) is 19.6 Å². The van der Waals surface area contributed by atoms with E-state index in [1.807, 2.05) is 24.3 Å². The van der Waals surface area contributed by atoms with Crippen LogP contribution < -0.4 is 5.73 Å². The van der Waals surface area contributed by atoms with E-state index in [0.29, 0.717) is 0 Å². The smallest absolute Gasteiger partial charge is 0.286 e. The van der Waals surface area contributed by atoms with E-state index < -0.39 is 5.91 Å². The third-order valence-corrected chi connectivity index (χ3v) is 4.23. The van der Waals surface area contributed by atoms with E-state index in [-0.39, 0.29) is 11.9 Å². The molecule has 6 nitrogen and oxygen atoms in total. The van der Waals surface area contributed by atoms with Crippen LogP contribution in [0.1, 0.15) is 40.6 Å². The molecular weight excluding hydrogens is 302 g/mol. The molecule has 2 aromatic rings. The normalized spacial score (nSPS) is 15.7. The summed E-state index contributed by atoms with van der Waals surface area (Å²) in [4.78, 5) is 13.7. The SMILES string of the molecule is [CH2]c1ccc(C#CCN2CCC(n3cnnc3C(N)=O)CC2)cc1. The zero-order chi connectivity index (χ0) is 16.9. The number of hydrogen-bond acceptors (Lipinski definition) is 4. The highest BCUT2D eigenvalue weighted by Gasteiger charge is 2.23. The maximum atomic E-state index is 11.4. The number of amides is 1. The Hall–Kier alpha value is -2.65. The van der Waals surface area contributed by atoms with Crippen LogP contribution in [0.3, 0.4) is 0 Å². The van der Waals surface area contributed by atoms with Gasteiger partial charge in [-0.2, -0.15) is 0 Å². The van der Waals surface area contributed by atoms with Gasteiger partial charge in [-0.3, -0.25) is 9.69 Å². The van der Waals surface area contributed by atoms with Crippen LogP contribution in [0.15, 0.2) is 30.6 Å². The van der Waals surface area contributed by atoms with Gasteiger partial charge in [0.1, 0.15) is 6.33 Å². The van der Waals surface area contributed by atoms with E-state index in [2.05, 4.69) is 33.9 Å². The third kappa shape index (κ3) is 3.81. The molecule has 1 aliphatic rings. The third-order valence-electron chi connectivity index (χ3n) is 4.23. The van der Waals surface area contributed by atoms with E-state index in [1.165, 1.54) is 0 Å². The lowest BCUT2D eigenvalue weighted by atomic mass is 10.0. The number of rotatable bonds is 3. The average Bonchev–Trinajstić information content (AvgIpc) is 3.07. The highest BCUT2D eigenvalue weighted by atomic mass is 16.1. The molecule has 24 heavy (non-hydrogen) atoms. The maximum absolute atomic E-state index is 11.4. The van der Waals surface area contributed by atoms with Crippen LogP contribution in [0.5, 0.6) is 0 Å². The molecule has 123 valence electrons. The predicted molar refractivity (Wildman–Crippen MR) is 91.0 cm³/mol. The van der Waals surface area contributed by atoms with Gasteiger partial charge in [0.2, 0.25) is 5.82 Å². The molecule has 1 aliphatic heterocycles. The van der Waals surface area contributed by atoms with Crippen LogP contribution in [0.25, 0.3) is 0 Å². The van der Waals surface area contributed by atoms with Gasteiger partial charge in [0.25, 0.3) is 5.91 Å². The van der Waals surface area contributed by atoms with Gasteiger partial charge in [-0.05, 0) is 37.5 Å². The van der Waals surface area contributed by atoms with Crippen LogP contribution >= 0.6 is 0 Å². The van der Waals surface area contributed by atoms with Gasteiger partial charge in [0.05, 0.1) is 6.54 Å². The molecule has 6 heteroatoms. The lowest BCUT2D eigenvalue weighted by Crippen LogP contribution is -2.35. The van der Waals surface area contributed by atoms with Gasteiger partial charge in [0.15, 0.2) is 0 Å². The number of hydrogen-bond donors (Lipinski definition) is 1. The number of benzene rings is 1. The number of carbonyl (C=O) groups is 1. The number of piperidine rings is 1. The number of likely N-dealkylation sites (tertiary alicyclic amines) is 1. The molecule has 0 bridgehead atoms. The Labute approximate surface area is 141 Å². The Morgan fingerprint density at radius 2 is 2.00 bits per heavy atom. The average molecular weight is 322 g/mol. The second-order valence-electron chi connectivity index (χ2n) is 5.93. The standard InChI is InChI=1S/C18H20N5O/c1-14-4-6-15(7-5-14)3-2-10-22-11-8-16(9-12-22)23-13-20-21-18(23)17(19)24/h4-7,13,16H,1,8-12H2,(H2,19,24). The van der Waals surface area contributed by atoms with Gasteiger partial charge < -0.3 is 10.3 Å². The quantitative estimate of drug-likeness (QED) is 0.863. The second-order valence-corrected chi connectivity index (χ2v) is 5.93. The molecule has 2 heterocycles. The van der Waals surface area contributed by atoms with Crippen molar-refractivity contribution in [3.05, 3.63) is 54.5 Å². The molecule has 1 saturated heterocycles. The van der Waals surface area contributed by atoms with E-state index >= 15 is 0 Å². The van der Waals surface area contributed by atoms with Crippen molar-refractivity contribution >= 4 is 5.91 Å². The summed E-state index contributed by atoms with van der Waals surface area (Å²) in [6, 6.07) is 8.12. The number of carbonyl (C=O) groups excluding carboxylic acids is 1. The highest BCUT2D eigenvalue weighted by Crippen LogP contribution is 2.22. The molecule has 0 unspecified atom stereocenters. The summed E-state index contributed by atoms with van der Waals surface area (Å²) < 4.78 is 1.80. The molecule has 0 saturated carbocycles. The summed E-state index contributed by atoms with van der Waals surface area (Å²) in [7, 11) is 0. The van der Waals surface area contributed by atoms with Gasteiger partial charge in [0, 0.05) is 24.7 Å². The Morgan fingerprint density at radius 3 is 2.67 bits per heavy atom. The number of primary amides is 1. The van der Waals surface area contributed by atoms with Crippen molar-refractivity contribution in [3.63, 3.8) is 0 Å².